The van der Waals surface area contributed by atoms with E-state index in [4.69, 9.17) is 5.11 Å². The summed E-state index contributed by atoms with van der Waals surface area (Å²) in [5.74, 6) is -1.36. The van der Waals surface area contributed by atoms with Gasteiger partial charge in [-0.3, -0.25) is 9.69 Å². The summed E-state index contributed by atoms with van der Waals surface area (Å²) in [6, 6.07) is 4.46. The van der Waals surface area contributed by atoms with Crippen LogP contribution in [0.3, 0.4) is 0 Å². The highest BCUT2D eigenvalue weighted by Gasteiger charge is 2.31. The van der Waals surface area contributed by atoms with Crippen LogP contribution >= 0.6 is 0 Å². The van der Waals surface area contributed by atoms with Crippen LogP contribution in [-0.4, -0.2) is 40.3 Å². The van der Waals surface area contributed by atoms with E-state index in [9.17, 15) is 23.1 Å². The van der Waals surface area contributed by atoms with Crippen LogP contribution in [0.5, 0.6) is 5.75 Å². The zero-order chi connectivity index (χ0) is 14.6. The van der Waals surface area contributed by atoms with Gasteiger partial charge in [-0.15, -0.1) is 0 Å². The van der Waals surface area contributed by atoms with Crippen molar-refractivity contribution in [2.75, 3.05) is 13.1 Å². The summed E-state index contributed by atoms with van der Waals surface area (Å²) in [4.78, 5) is 11.3. The Morgan fingerprint density at radius 1 is 1.37 bits per heavy atom. The molecule has 1 aromatic rings. The minimum atomic E-state index is -4.47. The number of halogens is 3. The van der Waals surface area contributed by atoms with Crippen LogP contribution in [-0.2, 0) is 11.3 Å². The third-order valence-electron chi connectivity index (χ3n) is 2.44. The topological polar surface area (TPSA) is 60.8 Å². The number of hydrogen-bond acceptors (Lipinski definition) is 3. The maximum atomic E-state index is 12.3. The first-order valence-electron chi connectivity index (χ1n) is 5.47. The van der Waals surface area contributed by atoms with Crippen molar-refractivity contribution in [2.45, 2.75) is 19.6 Å². The van der Waals surface area contributed by atoms with Crippen molar-refractivity contribution in [1.29, 1.82) is 0 Å². The molecule has 0 aliphatic heterocycles. The lowest BCUT2D eigenvalue weighted by Crippen LogP contribution is -2.37. The van der Waals surface area contributed by atoms with Crippen LogP contribution in [0.2, 0.25) is 0 Å². The number of alkyl halides is 3. The second kappa shape index (κ2) is 5.92. The van der Waals surface area contributed by atoms with Crippen LogP contribution in [0.4, 0.5) is 13.2 Å². The second-order valence-electron chi connectivity index (χ2n) is 4.27. The zero-order valence-corrected chi connectivity index (χ0v) is 10.2. The quantitative estimate of drug-likeness (QED) is 0.865. The summed E-state index contributed by atoms with van der Waals surface area (Å²) >= 11 is 0. The van der Waals surface area contributed by atoms with Gasteiger partial charge in [-0.05, 0) is 24.1 Å². The molecule has 0 unspecified atom stereocenters. The Balaban J connectivity index is 2.81. The maximum Gasteiger partial charge on any atom is 0.401 e. The molecule has 7 heteroatoms. The number of nitrogens with zero attached hydrogens (tertiary/aromatic N) is 1. The van der Waals surface area contributed by atoms with Gasteiger partial charge in [0.2, 0.25) is 0 Å². The van der Waals surface area contributed by atoms with Crippen LogP contribution in [0.1, 0.15) is 11.1 Å². The number of rotatable bonds is 5. The molecule has 0 amide bonds. The third-order valence-corrected chi connectivity index (χ3v) is 2.44. The predicted octanol–water partition coefficient (Wildman–Crippen LogP) is 2.15. The first kappa shape index (κ1) is 15.3. The number of aryl methyl sites for hydroxylation is 1. The summed E-state index contributed by atoms with van der Waals surface area (Å²) in [7, 11) is 0. The van der Waals surface area contributed by atoms with Crippen molar-refractivity contribution in [3.8, 4) is 5.75 Å². The van der Waals surface area contributed by atoms with E-state index < -0.39 is 25.2 Å². The fourth-order valence-corrected chi connectivity index (χ4v) is 1.62. The van der Waals surface area contributed by atoms with Gasteiger partial charge in [-0.1, -0.05) is 12.1 Å². The standard InChI is InChI=1S/C12H14F3NO3/c1-8-2-3-9(4-10(8)17)5-16(6-11(18)19)7-12(13,14)15/h2-4,17H,5-7H2,1H3,(H,18,19). The highest BCUT2D eigenvalue weighted by molar-refractivity contribution is 5.69. The van der Waals surface area contributed by atoms with Crippen molar-refractivity contribution in [3.63, 3.8) is 0 Å². The van der Waals surface area contributed by atoms with Gasteiger partial charge in [0, 0.05) is 6.54 Å². The van der Waals surface area contributed by atoms with E-state index in [1.165, 1.54) is 6.07 Å². The molecular weight excluding hydrogens is 263 g/mol. The summed E-state index contributed by atoms with van der Waals surface area (Å²) < 4.78 is 37.0. The Morgan fingerprint density at radius 2 is 2.00 bits per heavy atom. The average molecular weight is 277 g/mol. The highest BCUT2D eigenvalue weighted by Crippen LogP contribution is 2.21. The van der Waals surface area contributed by atoms with Gasteiger partial charge < -0.3 is 10.2 Å². The Hall–Kier alpha value is -1.76. The molecule has 2 N–H and O–H groups in total. The second-order valence-corrected chi connectivity index (χ2v) is 4.27. The Labute approximate surface area is 108 Å². The van der Waals surface area contributed by atoms with E-state index in [0.29, 0.717) is 11.1 Å². The number of benzene rings is 1. The molecule has 4 nitrogen and oxygen atoms in total. The lowest BCUT2D eigenvalue weighted by Gasteiger charge is -2.21. The molecular formula is C12H14F3NO3. The van der Waals surface area contributed by atoms with Gasteiger partial charge in [-0.25, -0.2) is 0 Å². The number of carboxylic acids is 1. The molecule has 0 saturated carbocycles. The molecule has 0 radical (unpaired) electrons. The van der Waals surface area contributed by atoms with Crippen LogP contribution in [0.15, 0.2) is 18.2 Å². The number of phenolic OH excluding ortho intramolecular Hbond substituents is 1. The van der Waals surface area contributed by atoms with Gasteiger partial charge in [-0.2, -0.15) is 13.2 Å². The van der Waals surface area contributed by atoms with Crippen molar-refractivity contribution in [1.82, 2.24) is 4.90 Å². The number of aromatic hydroxyl groups is 1. The van der Waals surface area contributed by atoms with Gasteiger partial charge in [0.05, 0.1) is 13.1 Å². The molecule has 0 aliphatic rings. The van der Waals surface area contributed by atoms with Gasteiger partial charge in [0.25, 0.3) is 0 Å². The smallest absolute Gasteiger partial charge is 0.401 e. The SMILES string of the molecule is Cc1ccc(CN(CC(=O)O)CC(F)(F)F)cc1O. The molecule has 0 saturated heterocycles. The van der Waals surface area contributed by atoms with Crippen molar-refractivity contribution < 1.29 is 28.2 Å². The Morgan fingerprint density at radius 3 is 2.47 bits per heavy atom. The first-order valence-corrected chi connectivity index (χ1v) is 5.47. The molecule has 0 atom stereocenters. The predicted molar refractivity (Wildman–Crippen MR) is 61.8 cm³/mol. The Bertz CT molecular complexity index is 460. The van der Waals surface area contributed by atoms with Crippen LogP contribution in [0.25, 0.3) is 0 Å². The summed E-state index contributed by atoms with van der Waals surface area (Å²) in [6.07, 6.45) is -4.47. The molecule has 0 aliphatic carbocycles. The Kier molecular flexibility index (Phi) is 4.77. The lowest BCUT2D eigenvalue weighted by atomic mass is 10.1. The van der Waals surface area contributed by atoms with Crippen molar-refractivity contribution in [3.05, 3.63) is 29.3 Å². The number of phenols is 1. The number of aliphatic carboxylic acids is 1. The van der Waals surface area contributed by atoms with Crippen molar-refractivity contribution >= 4 is 5.97 Å². The third kappa shape index (κ3) is 5.60. The van der Waals surface area contributed by atoms with E-state index in [2.05, 4.69) is 0 Å². The molecule has 0 aromatic heterocycles. The van der Waals surface area contributed by atoms with Gasteiger partial charge in [0.15, 0.2) is 0 Å². The monoisotopic (exact) mass is 277 g/mol. The molecule has 0 fully saturated rings. The largest absolute Gasteiger partial charge is 0.508 e. The molecule has 0 bridgehead atoms. The van der Waals surface area contributed by atoms with E-state index in [-0.39, 0.29) is 12.3 Å². The minimum absolute atomic E-state index is 0.0280. The fourth-order valence-electron chi connectivity index (χ4n) is 1.62. The van der Waals surface area contributed by atoms with Crippen LogP contribution < -0.4 is 0 Å². The molecule has 1 aromatic carbocycles. The maximum absolute atomic E-state index is 12.3. The van der Waals surface area contributed by atoms with E-state index in [0.717, 1.165) is 4.90 Å². The van der Waals surface area contributed by atoms with Crippen LogP contribution in [0, 0.1) is 6.92 Å². The molecule has 106 valence electrons. The highest BCUT2D eigenvalue weighted by atomic mass is 19.4. The summed E-state index contributed by atoms with van der Waals surface area (Å²) in [6.45, 7) is -0.564. The minimum Gasteiger partial charge on any atom is -0.508 e. The van der Waals surface area contributed by atoms with Gasteiger partial charge >= 0.3 is 12.1 Å². The summed E-state index contributed by atoms with van der Waals surface area (Å²) in [5, 5.41) is 18.1. The molecule has 0 spiro atoms. The van der Waals surface area contributed by atoms with Crippen molar-refractivity contribution in [2.24, 2.45) is 0 Å². The molecule has 0 heterocycles. The summed E-state index contributed by atoms with van der Waals surface area (Å²) in [5.41, 5.74) is 1.03. The van der Waals surface area contributed by atoms with E-state index in [1.54, 1.807) is 19.1 Å². The zero-order valence-electron chi connectivity index (χ0n) is 10.2. The number of hydrogen-bond donors (Lipinski definition) is 2. The van der Waals surface area contributed by atoms with E-state index in [1.807, 2.05) is 0 Å². The molecule has 1 rings (SSSR count). The number of carbonyl (C=O) groups is 1. The lowest BCUT2D eigenvalue weighted by molar-refractivity contribution is -0.154. The normalized spacial score (nSPS) is 11.8. The van der Waals surface area contributed by atoms with E-state index >= 15 is 0 Å². The fraction of sp³-hybridized carbons (Fsp3) is 0.417. The first-order chi connectivity index (χ1) is 8.67. The average Bonchev–Trinajstić information content (AvgIpc) is 2.20. The van der Waals surface area contributed by atoms with Gasteiger partial charge in [0.1, 0.15) is 5.75 Å². The molecule has 19 heavy (non-hydrogen) atoms. The number of carboxylic acid groups (broad SMARTS) is 1.